The van der Waals surface area contributed by atoms with Gasteiger partial charge in [-0.05, 0) is 32.6 Å². The molecule has 0 aliphatic carbocycles. The van der Waals surface area contributed by atoms with Crippen LogP contribution in [0.15, 0.2) is 30.3 Å². The van der Waals surface area contributed by atoms with Crippen molar-refractivity contribution in [2.24, 2.45) is 0 Å². The fourth-order valence-corrected chi connectivity index (χ4v) is 3.11. The maximum Gasteiger partial charge on any atom is 0.268 e. The minimum atomic E-state index is -1.10. The molecule has 0 spiro atoms. The van der Waals surface area contributed by atoms with Gasteiger partial charge in [0.15, 0.2) is 0 Å². The zero-order valence-corrected chi connectivity index (χ0v) is 15.5. The van der Waals surface area contributed by atoms with E-state index in [4.69, 9.17) is 0 Å². The van der Waals surface area contributed by atoms with E-state index in [9.17, 15) is 14.7 Å². The minimum Gasteiger partial charge on any atom is -0.384 e. The van der Waals surface area contributed by atoms with Gasteiger partial charge in [0.25, 0.3) is 5.91 Å². The second-order valence-corrected chi connectivity index (χ2v) is 7.15. The number of nitrogens with one attached hydrogen (secondary N) is 2. The smallest absolute Gasteiger partial charge is 0.268 e. The Hall–Kier alpha value is -2.38. The molecular formula is C19H26N4O3. The lowest BCUT2D eigenvalue weighted by atomic mass is 9.86. The van der Waals surface area contributed by atoms with Crippen molar-refractivity contribution >= 4 is 22.7 Å². The molecule has 3 rings (SSSR count). The first-order valence-corrected chi connectivity index (χ1v) is 8.89. The molecule has 3 N–H and O–H groups in total. The number of aliphatic hydroxyl groups is 1. The number of carbonyl (C=O) groups is 2. The minimum absolute atomic E-state index is 0.00632. The van der Waals surface area contributed by atoms with E-state index in [1.54, 1.807) is 17.9 Å². The maximum atomic E-state index is 12.5. The topological polar surface area (TPSA) is 88.7 Å². The van der Waals surface area contributed by atoms with Crippen molar-refractivity contribution in [3.8, 4) is 0 Å². The zero-order chi connectivity index (χ0) is 18.9. The van der Waals surface area contributed by atoms with Crippen LogP contribution in [-0.4, -0.2) is 76.6 Å². The fourth-order valence-electron chi connectivity index (χ4n) is 3.11. The third-order valence-electron chi connectivity index (χ3n) is 5.16. The number of para-hydroxylation sites is 1. The largest absolute Gasteiger partial charge is 0.384 e. The van der Waals surface area contributed by atoms with Gasteiger partial charge in [-0.25, -0.2) is 0 Å². The molecule has 7 nitrogen and oxygen atoms in total. The van der Waals surface area contributed by atoms with Gasteiger partial charge in [-0.15, -0.1) is 0 Å². The number of likely N-dealkylation sites (N-methyl/N-ethyl adjacent to an activating group) is 1. The molecular weight excluding hydrogens is 332 g/mol. The molecule has 1 aromatic heterocycles. The molecule has 1 aliphatic rings. The second kappa shape index (κ2) is 7.09. The van der Waals surface area contributed by atoms with Gasteiger partial charge in [-0.1, -0.05) is 25.1 Å². The Balaban J connectivity index is 1.57. The number of H-pyrrole nitrogens is 1. The number of hydrogen-bond acceptors (Lipinski definition) is 4. The van der Waals surface area contributed by atoms with Crippen LogP contribution in [0.1, 0.15) is 24.3 Å². The molecule has 1 saturated heterocycles. The first-order chi connectivity index (χ1) is 12.3. The van der Waals surface area contributed by atoms with E-state index in [0.717, 1.165) is 17.4 Å². The zero-order valence-electron chi connectivity index (χ0n) is 15.5. The number of fused-ring (bicyclic) bond motifs is 1. The van der Waals surface area contributed by atoms with E-state index in [0.29, 0.717) is 12.2 Å². The Kier molecular flexibility index (Phi) is 5.02. The van der Waals surface area contributed by atoms with Crippen molar-refractivity contribution < 1.29 is 14.7 Å². The highest BCUT2D eigenvalue weighted by Crippen LogP contribution is 2.25. The number of carbonyl (C=O) groups excluding carboxylic acids is 2. The number of rotatable bonds is 6. The Bertz CT molecular complexity index is 777. The molecule has 1 unspecified atom stereocenters. The van der Waals surface area contributed by atoms with Gasteiger partial charge in [-0.3, -0.25) is 14.5 Å². The molecule has 1 atom stereocenters. The van der Waals surface area contributed by atoms with E-state index < -0.39 is 11.6 Å². The third-order valence-corrected chi connectivity index (χ3v) is 5.16. The molecule has 2 heterocycles. The van der Waals surface area contributed by atoms with Crippen LogP contribution in [0.4, 0.5) is 0 Å². The van der Waals surface area contributed by atoms with Crippen molar-refractivity contribution in [2.45, 2.75) is 25.5 Å². The molecule has 2 amide bonds. The summed E-state index contributed by atoms with van der Waals surface area (Å²) >= 11 is 0. The van der Waals surface area contributed by atoms with Gasteiger partial charge in [0.05, 0.1) is 25.7 Å². The highest BCUT2D eigenvalue weighted by Gasteiger charge is 2.48. The van der Waals surface area contributed by atoms with E-state index in [-0.39, 0.29) is 24.9 Å². The van der Waals surface area contributed by atoms with Crippen LogP contribution in [0.25, 0.3) is 10.9 Å². The molecule has 1 fully saturated rings. The van der Waals surface area contributed by atoms with Crippen LogP contribution in [0, 0.1) is 0 Å². The first-order valence-electron chi connectivity index (χ1n) is 8.89. The van der Waals surface area contributed by atoms with Crippen LogP contribution >= 0.6 is 0 Å². The summed E-state index contributed by atoms with van der Waals surface area (Å²) in [5, 5.41) is 14.5. The summed E-state index contributed by atoms with van der Waals surface area (Å²) in [4.78, 5) is 31.2. The van der Waals surface area contributed by atoms with E-state index in [2.05, 4.69) is 10.3 Å². The van der Waals surface area contributed by atoms with Gasteiger partial charge < -0.3 is 20.3 Å². The van der Waals surface area contributed by atoms with Gasteiger partial charge in [-0.2, -0.15) is 0 Å². The van der Waals surface area contributed by atoms with Gasteiger partial charge in [0.2, 0.25) is 5.91 Å². The summed E-state index contributed by atoms with van der Waals surface area (Å²) in [6, 6.07) is 8.99. The number of benzene rings is 1. The number of amides is 2. The van der Waals surface area contributed by atoms with E-state index in [1.165, 1.54) is 0 Å². The van der Waals surface area contributed by atoms with Gasteiger partial charge in [0, 0.05) is 10.9 Å². The number of aromatic nitrogens is 1. The van der Waals surface area contributed by atoms with E-state index in [1.807, 2.05) is 43.1 Å². The monoisotopic (exact) mass is 358 g/mol. The predicted octanol–water partition coefficient (Wildman–Crippen LogP) is 0.811. The lowest BCUT2D eigenvalue weighted by Gasteiger charge is -2.49. The number of likely N-dealkylation sites (tertiary alicyclic amines) is 1. The average Bonchev–Trinajstić information content (AvgIpc) is 3.02. The van der Waals surface area contributed by atoms with Crippen LogP contribution in [-0.2, 0) is 4.79 Å². The Labute approximate surface area is 153 Å². The number of aromatic amines is 1. The molecule has 2 aromatic rings. The van der Waals surface area contributed by atoms with Crippen LogP contribution in [0.5, 0.6) is 0 Å². The highest BCUT2D eigenvalue weighted by molar-refractivity contribution is 5.98. The van der Waals surface area contributed by atoms with Crippen LogP contribution < -0.4 is 5.32 Å². The molecule has 1 aromatic carbocycles. The van der Waals surface area contributed by atoms with Crippen molar-refractivity contribution in [3.63, 3.8) is 0 Å². The normalized spacial score (nSPS) is 17.2. The average molecular weight is 358 g/mol. The van der Waals surface area contributed by atoms with Crippen molar-refractivity contribution in [1.29, 1.82) is 0 Å². The van der Waals surface area contributed by atoms with Crippen molar-refractivity contribution in [1.82, 2.24) is 20.1 Å². The Morgan fingerprint density at radius 2 is 2.08 bits per heavy atom. The Morgan fingerprint density at radius 1 is 1.38 bits per heavy atom. The molecule has 0 saturated carbocycles. The summed E-state index contributed by atoms with van der Waals surface area (Å²) < 4.78 is 0. The summed E-state index contributed by atoms with van der Waals surface area (Å²) in [6.07, 6.45) is 0. The fraction of sp³-hybridized carbons (Fsp3) is 0.474. The molecule has 1 aliphatic heterocycles. The summed E-state index contributed by atoms with van der Waals surface area (Å²) in [6.45, 7) is 5.35. The van der Waals surface area contributed by atoms with Gasteiger partial charge in [0.1, 0.15) is 11.3 Å². The van der Waals surface area contributed by atoms with E-state index >= 15 is 0 Å². The molecule has 0 radical (unpaired) electrons. The van der Waals surface area contributed by atoms with Crippen LogP contribution in [0.3, 0.4) is 0 Å². The standard InChI is InChI=1S/C19H26N4O3/c1-4-22(3)10-17(24)23-11-19(26,12-23)13(2)20-18(25)16-9-14-7-5-6-8-15(14)21-16/h5-9,13,21,26H,4,10-12H2,1-3H3,(H,20,25). The van der Waals surface area contributed by atoms with Crippen molar-refractivity contribution in [2.75, 3.05) is 33.2 Å². The summed E-state index contributed by atoms with van der Waals surface area (Å²) in [5.41, 5.74) is 0.255. The van der Waals surface area contributed by atoms with Gasteiger partial charge >= 0.3 is 0 Å². The van der Waals surface area contributed by atoms with Crippen LogP contribution in [0.2, 0.25) is 0 Å². The summed E-state index contributed by atoms with van der Waals surface area (Å²) in [5.74, 6) is -0.272. The molecule has 7 heteroatoms. The third kappa shape index (κ3) is 3.59. The Morgan fingerprint density at radius 3 is 2.73 bits per heavy atom. The maximum absolute atomic E-state index is 12.5. The SMILES string of the molecule is CCN(C)CC(=O)N1CC(O)(C(C)NC(=O)c2cc3ccccc3[nH]2)C1. The number of nitrogens with zero attached hydrogens (tertiary/aromatic N) is 2. The first kappa shape index (κ1) is 18.4. The lowest BCUT2D eigenvalue weighted by Crippen LogP contribution is -2.71. The van der Waals surface area contributed by atoms with Crippen molar-refractivity contribution in [3.05, 3.63) is 36.0 Å². The quantitative estimate of drug-likeness (QED) is 0.713. The highest BCUT2D eigenvalue weighted by atomic mass is 16.3. The second-order valence-electron chi connectivity index (χ2n) is 7.15. The molecule has 0 bridgehead atoms. The summed E-state index contributed by atoms with van der Waals surface area (Å²) in [7, 11) is 1.88. The number of β-amino-alcohol motifs (C(OH)–C–C–N with tert-alkyl or cyclic N) is 1. The predicted molar refractivity (Wildman–Crippen MR) is 99.9 cm³/mol. The lowest BCUT2D eigenvalue weighted by molar-refractivity contribution is -0.160. The molecule has 26 heavy (non-hydrogen) atoms. The number of hydrogen-bond donors (Lipinski definition) is 3. The molecule has 140 valence electrons.